The van der Waals surface area contributed by atoms with E-state index in [1.165, 1.54) is 4.90 Å². The molecule has 1 aliphatic carbocycles. The lowest BCUT2D eigenvalue weighted by Crippen LogP contribution is -2.57. The summed E-state index contributed by atoms with van der Waals surface area (Å²) in [6.07, 6.45) is -5.30. The Morgan fingerprint density at radius 3 is 2.39 bits per heavy atom. The van der Waals surface area contributed by atoms with Gasteiger partial charge in [-0.25, -0.2) is 4.98 Å². The lowest BCUT2D eigenvalue weighted by atomic mass is 10.2. The quantitative estimate of drug-likeness (QED) is 0.348. The number of alkyl halides is 4. The second-order valence-corrected chi connectivity index (χ2v) is 8.59. The number of β-amino-alcohol motifs (C(OH)–C–C–N with tert-alkyl or cyclic N) is 1. The molecule has 28 heavy (non-hydrogen) atoms. The summed E-state index contributed by atoms with van der Waals surface area (Å²) in [5.74, 6) is -1.00. The van der Waals surface area contributed by atoms with Gasteiger partial charge in [-0.05, 0) is 17.8 Å². The van der Waals surface area contributed by atoms with Gasteiger partial charge in [0.1, 0.15) is 10.2 Å². The van der Waals surface area contributed by atoms with Crippen molar-refractivity contribution in [2.45, 2.75) is 22.7 Å². The SMILES string of the molecule is COc1c(N2C[C@@H]3C(CC(=O)O)[C@@H]3C2)nc(N2C[C@@H](O)[C@@H]2I)nc1C(F)(F)F. The van der Waals surface area contributed by atoms with Gasteiger partial charge in [0, 0.05) is 19.5 Å². The van der Waals surface area contributed by atoms with E-state index in [-0.39, 0.29) is 42.5 Å². The van der Waals surface area contributed by atoms with Crippen LogP contribution in [0.15, 0.2) is 0 Å². The van der Waals surface area contributed by atoms with Gasteiger partial charge in [-0.1, -0.05) is 22.6 Å². The van der Waals surface area contributed by atoms with Crippen molar-refractivity contribution in [3.8, 4) is 5.75 Å². The zero-order valence-corrected chi connectivity index (χ0v) is 16.9. The minimum atomic E-state index is -4.73. The number of carboxylic acids is 1. The summed E-state index contributed by atoms with van der Waals surface area (Å²) in [6.45, 7) is 1.02. The highest BCUT2D eigenvalue weighted by atomic mass is 127. The van der Waals surface area contributed by atoms with Crippen molar-refractivity contribution >= 4 is 40.3 Å². The molecule has 1 aromatic rings. The number of aromatic nitrogens is 2. The summed E-state index contributed by atoms with van der Waals surface area (Å²) in [6, 6.07) is 0. The number of hydrogen-bond acceptors (Lipinski definition) is 7. The number of piperidine rings is 1. The predicted octanol–water partition coefficient (Wildman–Crippen LogP) is 1.60. The number of nitrogens with zero attached hydrogens (tertiary/aromatic N) is 4. The smallest absolute Gasteiger partial charge is 0.437 e. The van der Waals surface area contributed by atoms with Crippen LogP contribution in [0.3, 0.4) is 0 Å². The van der Waals surface area contributed by atoms with E-state index in [1.54, 1.807) is 4.90 Å². The van der Waals surface area contributed by atoms with E-state index in [4.69, 9.17) is 9.84 Å². The molecule has 12 heteroatoms. The van der Waals surface area contributed by atoms with Crippen LogP contribution in [0.4, 0.5) is 24.9 Å². The number of fused-ring (bicyclic) bond motifs is 1. The summed E-state index contributed by atoms with van der Waals surface area (Å²) < 4.78 is 45.5. The molecular formula is C16H18F3IN4O4. The number of aliphatic hydroxyl groups excluding tert-OH is 1. The molecule has 0 aromatic carbocycles. The second-order valence-electron chi connectivity index (χ2n) is 7.31. The number of rotatable bonds is 5. The Morgan fingerprint density at radius 1 is 1.29 bits per heavy atom. The number of carbonyl (C=O) groups is 1. The lowest BCUT2D eigenvalue weighted by Gasteiger charge is -2.42. The van der Waals surface area contributed by atoms with Crippen LogP contribution in [0.2, 0.25) is 0 Å². The number of methoxy groups -OCH3 is 1. The van der Waals surface area contributed by atoms with Gasteiger partial charge in [0.25, 0.3) is 0 Å². The van der Waals surface area contributed by atoms with Gasteiger partial charge in [-0.2, -0.15) is 18.2 Å². The van der Waals surface area contributed by atoms with Crippen LogP contribution in [0.1, 0.15) is 12.1 Å². The lowest BCUT2D eigenvalue weighted by molar-refractivity contribution is -0.142. The van der Waals surface area contributed by atoms with Gasteiger partial charge >= 0.3 is 12.1 Å². The number of aliphatic carboxylic acids is 1. The number of hydrogen-bond donors (Lipinski definition) is 2. The van der Waals surface area contributed by atoms with Gasteiger partial charge in [0.2, 0.25) is 5.95 Å². The van der Waals surface area contributed by atoms with Gasteiger partial charge in [-0.15, -0.1) is 0 Å². The van der Waals surface area contributed by atoms with Crippen molar-refractivity contribution in [1.29, 1.82) is 0 Å². The van der Waals surface area contributed by atoms with Crippen molar-refractivity contribution in [1.82, 2.24) is 9.97 Å². The van der Waals surface area contributed by atoms with E-state index in [9.17, 15) is 23.1 Å². The van der Waals surface area contributed by atoms with Gasteiger partial charge in [0.05, 0.1) is 13.7 Å². The summed E-state index contributed by atoms with van der Waals surface area (Å²) in [7, 11) is 1.15. The largest absolute Gasteiger partial charge is 0.491 e. The molecule has 3 fully saturated rings. The molecule has 0 amide bonds. The molecule has 0 spiro atoms. The highest BCUT2D eigenvalue weighted by molar-refractivity contribution is 14.1. The fourth-order valence-electron chi connectivity index (χ4n) is 4.13. The molecule has 2 aliphatic heterocycles. The number of carboxylic acid groups (broad SMARTS) is 1. The first-order chi connectivity index (χ1) is 13.1. The van der Waals surface area contributed by atoms with Gasteiger partial charge in [-0.3, -0.25) is 4.79 Å². The average Bonchev–Trinajstić information content (AvgIpc) is 3.05. The highest BCUT2D eigenvalue weighted by Gasteiger charge is 2.57. The van der Waals surface area contributed by atoms with E-state index in [0.717, 1.165) is 7.11 Å². The first-order valence-electron chi connectivity index (χ1n) is 8.70. The molecule has 2 saturated heterocycles. The minimum Gasteiger partial charge on any atom is -0.491 e. The van der Waals surface area contributed by atoms with Crippen molar-refractivity contribution in [2.24, 2.45) is 17.8 Å². The topological polar surface area (TPSA) is 99.0 Å². The molecule has 1 aromatic heterocycles. The Balaban J connectivity index is 1.66. The monoisotopic (exact) mass is 514 g/mol. The Labute approximate surface area is 171 Å². The first-order valence-corrected chi connectivity index (χ1v) is 9.95. The van der Waals surface area contributed by atoms with Crippen LogP contribution >= 0.6 is 22.6 Å². The normalized spacial score (nSPS) is 31.4. The van der Waals surface area contributed by atoms with Gasteiger partial charge < -0.3 is 24.7 Å². The number of ether oxygens (including phenoxy) is 1. The van der Waals surface area contributed by atoms with Crippen molar-refractivity contribution in [2.75, 3.05) is 36.5 Å². The highest BCUT2D eigenvalue weighted by Crippen LogP contribution is 2.55. The summed E-state index contributed by atoms with van der Waals surface area (Å²) in [4.78, 5) is 22.1. The molecule has 5 atom stereocenters. The van der Waals surface area contributed by atoms with Crippen LogP contribution in [-0.4, -0.2) is 63.0 Å². The molecule has 0 bridgehead atoms. The van der Waals surface area contributed by atoms with Gasteiger partial charge in [0.15, 0.2) is 17.3 Å². The summed E-state index contributed by atoms with van der Waals surface area (Å²) in [5, 5.41) is 18.6. The Bertz CT molecular complexity index is 799. The van der Waals surface area contributed by atoms with Crippen molar-refractivity contribution < 1.29 is 32.9 Å². The van der Waals surface area contributed by atoms with Crippen LogP contribution < -0.4 is 14.5 Å². The number of halogens is 4. The van der Waals surface area contributed by atoms with Crippen LogP contribution in [-0.2, 0) is 11.0 Å². The average molecular weight is 514 g/mol. The number of anilines is 2. The third-order valence-corrected chi connectivity index (χ3v) is 7.15. The van der Waals surface area contributed by atoms with Crippen LogP contribution in [0, 0.1) is 17.8 Å². The molecule has 3 heterocycles. The maximum Gasteiger partial charge on any atom is 0.437 e. The Kier molecular flexibility index (Phi) is 4.75. The van der Waals surface area contributed by atoms with E-state index in [0.29, 0.717) is 13.1 Å². The molecular weight excluding hydrogens is 496 g/mol. The first kappa shape index (κ1) is 19.7. The zero-order chi connectivity index (χ0) is 20.4. The van der Waals surface area contributed by atoms with E-state index in [1.807, 2.05) is 22.6 Å². The molecule has 2 N–H and O–H groups in total. The maximum absolute atomic E-state index is 13.6. The molecule has 8 nitrogen and oxygen atoms in total. The molecule has 1 unspecified atom stereocenters. The van der Waals surface area contributed by atoms with E-state index < -0.39 is 33.7 Å². The maximum atomic E-state index is 13.6. The van der Waals surface area contributed by atoms with Crippen molar-refractivity contribution in [3.05, 3.63) is 5.69 Å². The van der Waals surface area contributed by atoms with Crippen molar-refractivity contribution in [3.63, 3.8) is 0 Å². The molecule has 4 rings (SSSR count). The Hall–Kier alpha value is -1.57. The molecule has 154 valence electrons. The molecule has 0 radical (unpaired) electrons. The van der Waals surface area contributed by atoms with Crippen LogP contribution in [0.5, 0.6) is 5.75 Å². The standard InChI is InChI=1S/C16H18F3IN4O4/c1-28-11-12(16(17,18)19)21-15(24-5-9(25)13(24)20)22-14(11)23-3-7-6(2-10(26)27)8(7)4-23/h6-9,13,25H,2-5H2,1H3,(H,26,27)/t6?,7-,8+,9-,13-/m1/s1. The third kappa shape index (κ3) is 3.23. The molecule has 3 aliphatic rings. The fraction of sp³-hybridized carbons (Fsp3) is 0.688. The fourth-order valence-corrected chi connectivity index (χ4v) is 4.83. The van der Waals surface area contributed by atoms with E-state index >= 15 is 0 Å². The summed E-state index contributed by atoms with van der Waals surface area (Å²) in [5.41, 5.74) is -1.15. The zero-order valence-electron chi connectivity index (χ0n) is 14.7. The number of aliphatic hydroxyl groups is 1. The van der Waals surface area contributed by atoms with E-state index in [2.05, 4.69) is 9.97 Å². The Morgan fingerprint density at radius 2 is 1.93 bits per heavy atom. The van der Waals surface area contributed by atoms with Crippen LogP contribution in [0.25, 0.3) is 0 Å². The third-order valence-electron chi connectivity index (χ3n) is 5.65. The molecule has 1 saturated carbocycles. The summed E-state index contributed by atoms with van der Waals surface area (Å²) >= 11 is 1.93. The minimum absolute atomic E-state index is 0.0612. The second kappa shape index (κ2) is 6.75. The predicted molar refractivity (Wildman–Crippen MR) is 99.7 cm³/mol.